The minimum absolute atomic E-state index is 0.998. The Bertz CT molecular complexity index is 1280. The molecule has 0 atom stereocenters. The molecule has 0 unspecified atom stereocenters. The Morgan fingerprint density at radius 1 is 0.704 bits per heavy atom. The number of fused-ring (bicyclic) bond motifs is 2. The second-order valence-corrected chi connectivity index (χ2v) is 7.02. The Morgan fingerprint density at radius 3 is 2.22 bits per heavy atom. The summed E-state index contributed by atoms with van der Waals surface area (Å²) in [6.45, 7) is 2.21. The van der Waals surface area contributed by atoms with Gasteiger partial charge in [0.25, 0.3) is 0 Å². The first kappa shape index (κ1) is 15.8. The van der Waals surface area contributed by atoms with Crippen molar-refractivity contribution in [2.75, 3.05) is 0 Å². The van der Waals surface area contributed by atoms with Crippen LogP contribution in [0.5, 0.6) is 0 Å². The molecule has 27 heavy (non-hydrogen) atoms. The van der Waals surface area contributed by atoms with E-state index in [0.29, 0.717) is 0 Å². The van der Waals surface area contributed by atoms with Crippen molar-refractivity contribution in [3.8, 4) is 22.5 Å². The van der Waals surface area contributed by atoms with Crippen LogP contribution in [0.3, 0.4) is 0 Å². The molecule has 0 amide bonds. The maximum Gasteiger partial charge on any atom is 0.140 e. The number of imidazole rings is 1. The van der Waals surface area contributed by atoms with Gasteiger partial charge in [-0.1, -0.05) is 72.8 Å². The van der Waals surface area contributed by atoms with Crippen LogP contribution < -0.4 is 0 Å². The SMILES string of the molecule is Cc1c(-c2ccc(-c3nc4ccccc4n3C)cc2)ccc2ccccc12. The van der Waals surface area contributed by atoms with E-state index in [9.17, 15) is 0 Å². The fourth-order valence-corrected chi connectivity index (χ4v) is 3.94. The summed E-state index contributed by atoms with van der Waals surface area (Å²) < 4.78 is 2.16. The van der Waals surface area contributed by atoms with E-state index in [0.717, 1.165) is 22.4 Å². The van der Waals surface area contributed by atoms with Crippen molar-refractivity contribution in [3.63, 3.8) is 0 Å². The molecule has 0 N–H and O–H groups in total. The lowest BCUT2D eigenvalue weighted by Gasteiger charge is -2.11. The molecular weight excluding hydrogens is 328 g/mol. The van der Waals surface area contributed by atoms with Gasteiger partial charge in [-0.05, 0) is 46.5 Å². The van der Waals surface area contributed by atoms with Gasteiger partial charge in [0.2, 0.25) is 0 Å². The zero-order chi connectivity index (χ0) is 18.4. The molecule has 0 bridgehead atoms. The summed E-state index contributed by atoms with van der Waals surface area (Å²) in [6.07, 6.45) is 0. The van der Waals surface area contributed by atoms with Crippen molar-refractivity contribution in [2.24, 2.45) is 7.05 Å². The van der Waals surface area contributed by atoms with Crippen molar-refractivity contribution in [1.29, 1.82) is 0 Å². The van der Waals surface area contributed by atoms with Gasteiger partial charge in [-0.15, -0.1) is 0 Å². The molecule has 0 aliphatic carbocycles. The Hall–Kier alpha value is -3.39. The van der Waals surface area contributed by atoms with E-state index in [4.69, 9.17) is 4.98 Å². The lowest BCUT2D eigenvalue weighted by Crippen LogP contribution is -1.92. The summed E-state index contributed by atoms with van der Waals surface area (Å²) in [5.74, 6) is 0.998. The Kier molecular flexibility index (Phi) is 3.58. The molecule has 0 aliphatic rings. The molecule has 4 aromatic carbocycles. The zero-order valence-corrected chi connectivity index (χ0v) is 15.5. The van der Waals surface area contributed by atoms with E-state index in [2.05, 4.69) is 97.4 Å². The van der Waals surface area contributed by atoms with Crippen LogP contribution in [0.1, 0.15) is 5.56 Å². The Labute approximate surface area is 158 Å². The van der Waals surface area contributed by atoms with E-state index < -0.39 is 0 Å². The van der Waals surface area contributed by atoms with Crippen LogP contribution in [-0.4, -0.2) is 9.55 Å². The van der Waals surface area contributed by atoms with Crippen LogP contribution in [-0.2, 0) is 7.05 Å². The summed E-state index contributed by atoms with van der Waals surface area (Å²) in [5, 5.41) is 2.60. The highest BCUT2D eigenvalue weighted by Crippen LogP contribution is 2.31. The summed E-state index contributed by atoms with van der Waals surface area (Å²) >= 11 is 0. The van der Waals surface area contributed by atoms with Gasteiger partial charge in [-0.25, -0.2) is 4.98 Å². The minimum atomic E-state index is 0.998. The average Bonchev–Trinajstić information content (AvgIpc) is 3.06. The highest BCUT2D eigenvalue weighted by molar-refractivity contribution is 5.91. The Morgan fingerprint density at radius 2 is 1.41 bits per heavy atom. The smallest absolute Gasteiger partial charge is 0.140 e. The van der Waals surface area contributed by atoms with Gasteiger partial charge in [0.05, 0.1) is 11.0 Å². The molecular formula is C25H20N2. The molecule has 0 saturated heterocycles. The van der Waals surface area contributed by atoms with E-state index in [1.165, 1.54) is 27.5 Å². The number of aryl methyl sites for hydroxylation is 2. The van der Waals surface area contributed by atoms with Gasteiger partial charge in [-0.2, -0.15) is 0 Å². The van der Waals surface area contributed by atoms with E-state index in [1.54, 1.807) is 0 Å². The summed E-state index contributed by atoms with van der Waals surface area (Å²) in [5.41, 5.74) is 7.16. The van der Waals surface area contributed by atoms with Crippen LogP contribution in [0.25, 0.3) is 44.3 Å². The van der Waals surface area contributed by atoms with E-state index in [1.807, 2.05) is 6.07 Å². The molecule has 2 heteroatoms. The summed E-state index contributed by atoms with van der Waals surface area (Å²) in [4.78, 5) is 4.81. The molecule has 0 radical (unpaired) electrons. The molecule has 5 aromatic rings. The third-order valence-corrected chi connectivity index (χ3v) is 5.44. The normalized spacial score (nSPS) is 11.3. The Balaban J connectivity index is 1.59. The van der Waals surface area contributed by atoms with Crippen molar-refractivity contribution in [1.82, 2.24) is 9.55 Å². The minimum Gasteiger partial charge on any atom is -0.327 e. The highest BCUT2D eigenvalue weighted by atomic mass is 15.1. The van der Waals surface area contributed by atoms with E-state index in [-0.39, 0.29) is 0 Å². The topological polar surface area (TPSA) is 17.8 Å². The predicted molar refractivity (Wildman–Crippen MR) is 114 cm³/mol. The molecule has 1 heterocycles. The average molecular weight is 348 g/mol. The molecule has 130 valence electrons. The quantitative estimate of drug-likeness (QED) is 0.362. The van der Waals surface area contributed by atoms with Gasteiger partial charge in [-0.3, -0.25) is 0 Å². The molecule has 5 rings (SSSR count). The van der Waals surface area contributed by atoms with Crippen LogP contribution in [0, 0.1) is 6.92 Å². The van der Waals surface area contributed by atoms with Crippen molar-refractivity contribution >= 4 is 21.8 Å². The third-order valence-electron chi connectivity index (χ3n) is 5.44. The number of benzene rings is 4. The largest absolute Gasteiger partial charge is 0.327 e. The van der Waals surface area contributed by atoms with Gasteiger partial charge in [0.15, 0.2) is 0 Å². The van der Waals surface area contributed by atoms with Crippen LogP contribution >= 0.6 is 0 Å². The van der Waals surface area contributed by atoms with Gasteiger partial charge in [0.1, 0.15) is 5.82 Å². The second-order valence-electron chi connectivity index (χ2n) is 7.02. The highest BCUT2D eigenvalue weighted by Gasteiger charge is 2.10. The van der Waals surface area contributed by atoms with Crippen LogP contribution in [0.2, 0.25) is 0 Å². The zero-order valence-electron chi connectivity index (χ0n) is 15.5. The summed E-state index contributed by atoms with van der Waals surface area (Å²) in [7, 11) is 2.08. The first-order chi connectivity index (χ1) is 13.2. The number of aromatic nitrogens is 2. The number of rotatable bonds is 2. The van der Waals surface area contributed by atoms with Crippen LogP contribution in [0.4, 0.5) is 0 Å². The number of para-hydroxylation sites is 2. The van der Waals surface area contributed by atoms with Gasteiger partial charge < -0.3 is 4.57 Å². The van der Waals surface area contributed by atoms with Gasteiger partial charge >= 0.3 is 0 Å². The molecule has 0 saturated carbocycles. The third kappa shape index (κ3) is 2.53. The number of hydrogen-bond acceptors (Lipinski definition) is 1. The van der Waals surface area contributed by atoms with Crippen molar-refractivity contribution in [3.05, 3.63) is 90.5 Å². The molecule has 0 spiro atoms. The number of nitrogens with zero attached hydrogens (tertiary/aromatic N) is 2. The molecule has 0 aliphatic heterocycles. The summed E-state index contributed by atoms with van der Waals surface area (Å²) in [6, 6.07) is 30.0. The lowest BCUT2D eigenvalue weighted by atomic mass is 9.94. The van der Waals surface area contributed by atoms with E-state index >= 15 is 0 Å². The number of hydrogen-bond donors (Lipinski definition) is 0. The van der Waals surface area contributed by atoms with Gasteiger partial charge in [0, 0.05) is 12.6 Å². The maximum absolute atomic E-state index is 4.81. The first-order valence-corrected chi connectivity index (χ1v) is 9.23. The van der Waals surface area contributed by atoms with Crippen molar-refractivity contribution in [2.45, 2.75) is 6.92 Å². The second kappa shape index (κ2) is 6.10. The monoisotopic (exact) mass is 348 g/mol. The molecule has 0 fully saturated rings. The standard InChI is InChI=1S/C25H20N2/c1-17-21-8-4-3-7-18(21)15-16-22(17)19-11-13-20(14-12-19)25-26-23-9-5-6-10-24(23)27(25)2/h3-16H,1-2H3. The maximum atomic E-state index is 4.81. The lowest BCUT2D eigenvalue weighted by molar-refractivity contribution is 0.959. The van der Waals surface area contributed by atoms with Crippen LogP contribution in [0.15, 0.2) is 84.9 Å². The molecule has 2 nitrogen and oxygen atoms in total. The fraction of sp³-hybridized carbons (Fsp3) is 0.0800. The fourth-order valence-electron chi connectivity index (χ4n) is 3.94. The van der Waals surface area contributed by atoms with Crippen molar-refractivity contribution < 1.29 is 0 Å². The molecule has 1 aromatic heterocycles. The predicted octanol–water partition coefficient (Wildman–Crippen LogP) is 6.37. The first-order valence-electron chi connectivity index (χ1n) is 9.23.